The second kappa shape index (κ2) is 6.70. The summed E-state index contributed by atoms with van der Waals surface area (Å²) < 4.78 is 5.16. The predicted molar refractivity (Wildman–Crippen MR) is 71.0 cm³/mol. The Balaban J connectivity index is 2.07. The second-order valence-electron chi connectivity index (χ2n) is 4.50. The van der Waals surface area contributed by atoms with E-state index in [1.165, 1.54) is 0 Å². The lowest BCUT2D eigenvalue weighted by atomic mass is 10.1. The average molecular weight is 276 g/mol. The minimum atomic E-state index is -0.708. The van der Waals surface area contributed by atoms with Gasteiger partial charge in [-0.2, -0.15) is 0 Å². The van der Waals surface area contributed by atoms with E-state index in [9.17, 15) is 14.4 Å². The molecule has 0 radical (unpaired) electrons. The Morgan fingerprint density at radius 3 is 2.75 bits per heavy atom. The van der Waals surface area contributed by atoms with Gasteiger partial charge in [0.25, 0.3) is 5.91 Å². The van der Waals surface area contributed by atoms with Gasteiger partial charge < -0.3 is 10.1 Å². The lowest BCUT2D eigenvalue weighted by molar-refractivity contribution is -0.132. The van der Waals surface area contributed by atoms with Crippen molar-refractivity contribution in [3.05, 3.63) is 30.3 Å². The van der Waals surface area contributed by atoms with Gasteiger partial charge in [0.1, 0.15) is 11.8 Å². The molecule has 1 aromatic rings. The maximum Gasteiger partial charge on any atom is 0.422 e. The lowest BCUT2D eigenvalue weighted by Crippen LogP contribution is -2.48. The molecule has 0 bridgehead atoms. The van der Waals surface area contributed by atoms with Crippen LogP contribution in [-0.2, 0) is 9.59 Å². The molecule has 6 heteroatoms. The third kappa shape index (κ3) is 3.34. The molecule has 1 fully saturated rings. The van der Waals surface area contributed by atoms with Crippen LogP contribution in [0.5, 0.6) is 5.75 Å². The number of benzene rings is 1. The summed E-state index contributed by atoms with van der Waals surface area (Å²) in [5.74, 6) is -0.0371. The Morgan fingerprint density at radius 1 is 1.30 bits per heavy atom. The van der Waals surface area contributed by atoms with E-state index in [0.29, 0.717) is 31.5 Å². The maximum atomic E-state index is 12.2. The van der Waals surface area contributed by atoms with E-state index >= 15 is 0 Å². The smallest absolute Gasteiger partial charge is 0.410 e. The van der Waals surface area contributed by atoms with Crippen LogP contribution in [0, 0.1) is 0 Å². The summed E-state index contributed by atoms with van der Waals surface area (Å²) in [6.07, 6.45) is 1.78. The van der Waals surface area contributed by atoms with Gasteiger partial charge in [-0.15, -0.1) is 0 Å². The summed E-state index contributed by atoms with van der Waals surface area (Å²) >= 11 is 0. The zero-order valence-corrected chi connectivity index (χ0v) is 11.0. The van der Waals surface area contributed by atoms with E-state index in [0.717, 1.165) is 11.3 Å². The van der Waals surface area contributed by atoms with Crippen molar-refractivity contribution in [1.29, 1.82) is 0 Å². The Kier molecular flexibility index (Phi) is 4.70. The van der Waals surface area contributed by atoms with Crippen LogP contribution in [0.4, 0.5) is 4.79 Å². The molecule has 1 atom stereocenters. The van der Waals surface area contributed by atoms with E-state index in [4.69, 9.17) is 4.74 Å². The number of hydrogen-bond donors (Lipinski definition) is 1. The van der Waals surface area contributed by atoms with E-state index in [2.05, 4.69) is 5.32 Å². The van der Waals surface area contributed by atoms with Crippen molar-refractivity contribution in [3.63, 3.8) is 0 Å². The van der Waals surface area contributed by atoms with Crippen LogP contribution < -0.4 is 10.1 Å². The summed E-state index contributed by atoms with van der Waals surface area (Å²) in [5, 5.41) is 2.44. The van der Waals surface area contributed by atoms with Gasteiger partial charge in [0.05, 0.1) is 0 Å². The molecule has 106 valence electrons. The number of rotatable bonds is 3. The van der Waals surface area contributed by atoms with Crippen LogP contribution in [0.2, 0.25) is 0 Å². The molecule has 1 heterocycles. The van der Waals surface area contributed by atoms with E-state index in [1.54, 1.807) is 30.3 Å². The molecule has 1 N–H and O–H groups in total. The summed E-state index contributed by atoms with van der Waals surface area (Å²) in [4.78, 5) is 35.8. The fourth-order valence-electron chi connectivity index (χ4n) is 2.10. The normalized spacial score (nSPS) is 19.1. The van der Waals surface area contributed by atoms with Crippen LogP contribution in [0.3, 0.4) is 0 Å². The highest BCUT2D eigenvalue weighted by Crippen LogP contribution is 2.15. The molecule has 6 nitrogen and oxygen atoms in total. The number of amides is 3. The molecule has 0 aliphatic carbocycles. The van der Waals surface area contributed by atoms with Gasteiger partial charge in [-0.1, -0.05) is 18.2 Å². The first-order chi connectivity index (χ1) is 9.72. The largest absolute Gasteiger partial charge is 0.422 e. The molecule has 1 aliphatic rings. The number of nitrogens with one attached hydrogen (secondary N) is 1. The van der Waals surface area contributed by atoms with Crippen molar-refractivity contribution in [2.24, 2.45) is 0 Å². The third-order valence-electron chi connectivity index (χ3n) is 3.13. The molecule has 0 spiro atoms. The first-order valence-electron chi connectivity index (χ1n) is 6.50. The molecule has 2 rings (SSSR count). The monoisotopic (exact) mass is 276 g/mol. The number of carbonyl (C=O) groups excluding carboxylic acids is 3. The van der Waals surface area contributed by atoms with Crippen molar-refractivity contribution in [1.82, 2.24) is 10.2 Å². The molecule has 3 amide bonds. The molecular weight excluding hydrogens is 260 g/mol. The van der Waals surface area contributed by atoms with Gasteiger partial charge in [-0.25, -0.2) is 9.69 Å². The minimum absolute atomic E-state index is 0.307. The maximum absolute atomic E-state index is 12.2. The van der Waals surface area contributed by atoms with Crippen molar-refractivity contribution >= 4 is 18.4 Å². The number of likely N-dealkylation sites (tertiary alicyclic amines) is 1. The number of ether oxygens (including phenoxy) is 1. The highest BCUT2D eigenvalue weighted by molar-refractivity contribution is 5.96. The Labute approximate surface area is 116 Å². The average Bonchev–Trinajstić information content (AvgIpc) is 2.63. The first-order valence-corrected chi connectivity index (χ1v) is 6.50. The van der Waals surface area contributed by atoms with Crippen LogP contribution in [-0.4, -0.2) is 35.9 Å². The van der Waals surface area contributed by atoms with E-state index < -0.39 is 18.0 Å². The Hall–Kier alpha value is -2.37. The van der Waals surface area contributed by atoms with Gasteiger partial charge in [-0.3, -0.25) is 9.59 Å². The zero-order chi connectivity index (χ0) is 14.4. The number of imide groups is 1. The third-order valence-corrected chi connectivity index (χ3v) is 3.13. The first kappa shape index (κ1) is 14.0. The van der Waals surface area contributed by atoms with Crippen LogP contribution in [0.25, 0.3) is 0 Å². The highest BCUT2D eigenvalue weighted by Gasteiger charge is 2.31. The van der Waals surface area contributed by atoms with Crippen molar-refractivity contribution in [3.8, 4) is 5.75 Å². The van der Waals surface area contributed by atoms with Gasteiger partial charge in [0, 0.05) is 6.54 Å². The molecule has 0 aromatic heterocycles. The molecule has 0 unspecified atom stereocenters. The summed E-state index contributed by atoms with van der Waals surface area (Å²) in [6, 6.07) is 7.91. The minimum Gasteiger partial charge on any atom is -0.410 e. The number of carbonyl (C=O) groups is 3. The van der Waals surface area contributed by atoms with Crippen molar-refractivity contribution < 1.29 is 19.1 Å². The van der Waals surface area contributed by atoms with Gasteiger partial charge in [0.2, 0.25) is 6.41 Å². The topological polar surface area (TPSA) is 75.7 Å². The van der Waals surface area contributed by atoms with Gasteiger partial charge >= 0.3 is 6.09 Å². The van der Waals surface area contributed by atoms with Crippen LogP contribution in [0.1, 0.15) is 19.3 Å². The molecule has 1 aromatic carbocycles. The summed E-state index contributed by atoms with van der Waals surface area (Å²) in [6.45, 7) is 0.307. The SMILES string of the molecule is O=CN[C@H]1CCCCN(C(=O)Oc2ccccc2)C1=O. The highest BCUT2D eigenvalue weighted by atomic mass is 16.6. The molecule has 1 saturated heterocycles. The van der Waals surface area contributed by atoms with E-state index in [1.807, 2.05) is 0 Å². The van der Waals surface area contributed by atoms with Crippen molar-refractivity contribution in [2.75, 3.05) is 6.54 Å². The van der Waals surface area contributed by atoms with Gasteiger partial charge in [0.15, 0.2) is 0 Å². The Bertz CT molecular complexity index is 489. The second-order valence-corrected chi connectivity index (χ2v) is 4.50. The quantitative estimate of drug-likeness (QED) is 0.845. The standard InChI is InChI=1S/C14H16N2O4/c17-10-15-12-8-4-5-9-16(13(12)18)14(19)20-11-6-2-1-3-7-11/h1-3,6-7,10,12H,4-5,8-9H2,(H,15,17)/t12-/m0/s1. The number of hydrogen-bond acceptors (Lipinski definition) is 4. The molecule has 1 aliphatic heterocycles. The van der Waals surface area contributed by atoms with E-state index in [-0.39, 0.29) is 0 Å². The lowest BCUT2D eigenvalue weighted by Gasteiger charge is -2.21. The summed E-state index contributed by atoms with van der Waals surface area (Å²) in [5.41, 5.74) is 0. The van der Waals surface area contributed by atoms with Crippen LogP contribution in [0.15, 0.2) is 30.3 Å². The molecular formula is C14H16N2O4. The van der Waals surface area contributed by atoms with Crippen LogP contribution >= 0.6 is 0 Å². The zero-order valence-electron chi connectivity index (χ0n) is 11.0. The Morgan fingerprint density at radius 2 is 2.05 bits per heavy atom. The fourth-order valence-corrected chi connectivity index (χ4v) is 2.10. The fraction of sp³-hybridized carbons (Fsp3) is 0.357. The predicted octanol–water partition coefficient (Wildman–Crippen LogP) is 1.31. The molecule has 0 saturated carbocycles. The molecule has 20 heavy (non-hydrogen) atoms. The number of nitrogens with zero attached hydrogens (tertiary/aromatic N) is 1. The summed E-state index contributed by atoms with van der Waals surface area (Å²) in [7, 11) is 0. The number of para-hydroxylation sites is 1. The van der Waals surface area contributed by atoms with Gasteiger partial charge in [-0.05, 0) is 31.4 Å². The van der Waals surface area contributed by atoms with Crippen molar-refractivity contribution in [2.45, 2.75) is 25.3 Å².